The van der Waals surface area contributed by atoms with Crippen LogP contribution < -0.4 is 0 Å². The van der Waals surface area contributed by atoms with Gasteiger partial charge >= 0.3 is 0 Å². The van der Waals surface area contributed by atoms with Gasteiger partial charge in [-0.05, 0) is 22.2 Å². The van der Waals surface area contributed by atoms with Crippen molar-refractivity contribution in [2.24, 2.45) is 0 Å². The van der Waals surface area contributed by atoms with Gasteiger partial charge in [0.1, 0.15) is 35.3 Å². The average Bonchev–Trinajstić information content (AvgIpc) is 2.98. The first kappa shape index (κ1) is 15.2. The summed E-state index contributed by atoms with van der Waals surface area (Å²) in [5.74, 6) is 0. The molecule has 2 aromatic heterocycles. The second-order valence-corrected chi connectivity index (χ2v) is 6.34. The molecule has 4 atom stereocenters. The van der Waals surface area contributed by atoms with E-state index >= 15 is 0 Å². The first-order chi connectivity index (χ1) is 10.1. The van der Waals surface area contributed by atoms with Crippen LogP contribution in [0.3, 0.4) is 0 Å². The zero-order chi connectivity index (χ0) is 15.1. The van der Waals surface area contributed by atoms with Gasteiger partial charge in [-0.2, -0.15) is 0 Å². The molecule has 0 unspecified atom stereocenters. The minimum atomic E-state index is -1.14. The van der Waals surface area contributed by atoms with Crippen molar-refractivity contribution in [3.8, 4) is 0 Å². The minimum absolute atomic E-state index is 0.361. The molecule has 3 heterocycles. The fourth-order valence-corrected chi connectivity index (χ4v) is 3.75. The van der Waals surface area contributed by atoms with Gasteiger partial charge in [-0.1, -0.05) is 0 Å². The second kappa shape index (κ2) is 5.82. The third-order valence-electron chi connectivity index (χ3n) is 3.51. The van der Waals surface area contributed by atoms with Crippen molar-refractivity contribution in [3.05, 3.63) is 17.0 Å². The predicted molar refractivity (Wildman–Crippen MR) is 80.0 cm³/mol. The summed E-state index contributed by atoms with van der Waals surface area (Å²) in [6.07, 6.45) is 1.18. The van der Waals surface area contributed by atoms with E-state index in [0.717, 1.165) is 14.9 Å². The van der Waals surface area contributed by atoms with Crippen LogP contribution in [0.4, 0.5) is 0 Å². The van der Waals surface area contributed by atoms with Gasteiger partial charge in [0.25, 0.3) is 0 Å². The second-order valence-electron chi connectivity index (χ2n) is 4.69. The first-order valence-corrected chi connectivity index (χ1v) is 8.27. The van der Waals surface area contributed by atoms with E-state index in [1.807, 2.05) is 6.26 Å². The van der Waals surface area contributed by atoms with Gasteiger partial charge in [-0.15, -0.1) is 11.8 Å². The maximum absolute atomic E-state index is 10.1. The Morgan fingerprint density at radius 3 is 2.76 bits per heavy atom. The van der Waals surface area contributed by atoms with E-state index < -0.39 is 24.5 Å². The van der Waals surface area contributed by atoms with E-state index in [2.05, 4.69) is 25.9 Å². The van der Waals surface area contributed by atoms with Crippen LogP contribution in [-0.4, -0.2) is 61.0 Å². The molecule has 1 fully saturated rings. The lowest BCUT2D eigenvalue weighted by Crippen LogP contribution is -2.33. The molecule has 21 heavy (non-hydrogen) atoms. The first-order valence-electron chi connectivity index (χ1n) is 6.26. The number of aliphatic hydroxyl groups is 3. The maximum Gasteiger partial charge on any atom is 0.164 e. The van der Waals surface area contributed by atoms with Gasteiger partial charge in [0.15, 0.2) is 6.23 Å². The Morgan fingerprint density at radius 2 is 2.14 bits per heavy atom. The van der Waals surface area contributed by atoms with Crippen LogP contribution in [0.2, 0.25) is 0 Å². The Hall–Kier alpha value is -0.710. The Morgan fingerprint density at radius 1 is 1.38 bits per heavy atom. The summed E-state index contributed by atoms with van der Waals surface area (Å²) in [5.41, 5.74) is 0.594. The van der Waals surface area contributed by atoms with Crippen molar-refractivity contribution in [3.63, 3.8) is 0 Å². The van der Waals surface area contributed by atoms with Crippen LogP contribution in [0.25, 0.3) is 11.0 Å². The van der Waals surface area contributed by atoms with Crippen LogP contribution in [0.5, 0.6) is 0 Å². The van der Waals surface area contributed by atoms with Crippen molar-refractivity contribution in [2.45, 2.75) is 29.6 Å². The Kier molecular flexibility index (Phi) is 4.21. The summed E-state index contributed by atoms with van der Waals surface area (Å²) < 4.78 is 7.96. The number of ether oxygens (including phenoxy) is 1. The van der Waals surface area contributed by atoms with E-state index in [-0.39, 0.29) is 6.61 Å². The third kappa shape index (κ3) is 2.37. The van der Waals surface area contributed by atoms with E-state index in [1.54, 1.807) is 10.8 Å². The van der Waals surface area contributed by atoms with Crippen LogP contribution in [-0.2, 0) is 4.74 Å². The highest BCUT2D eigenvalue weighted by molar-refractivity contribution is 9.10. The lowest BCUT2D eigenvalue weighted by molar-refractivity contribution is -0.0509. The standard InChI is InChI=1S/C12H14BrN3O4S/c1-21-11-7-5(13)2-16(10(7)14-4-15-11)12-9(19)8(18)6(3-17)20-12/h2,4,6,8-9,12,17-19H,3H2,1H3/t6-,8+,9-,12+/m0/s1. The van der Waals surface area contributed by atoms with Gasteiger partial charge in [0, 0.05) is 10.7 Å². The molecular weight excluding hydrogens is 362 g/mol. The number of aliphatic hydroxyl groups excluding tert-OH is 3. The number of nitrogens with zero attached hydrogens (tertiary/aromatic N) is 3. The molecule has 0 saturated carbocycles. The number of hydrogen-bond donors (Lipinski definition) is 3. The van der Waals surface area contributed by atoms with Crippen molar-refractivity contribution >= 4 is 38.7 Å². The van der Waals surface area contributed by atoms with E-state index in [9.17, 15) is 15.3 Å². The largest absolute Gasteiger partial charge is 0.394 e. The van der Waals surface area contributed by atoms with E-state index in [0.29, 0.717) is 5.65 Å². The highest BCUT2D eigenvalue weighted by Gasteiger charge is 2.44. The average molecular weight is 376 g/mol. The molecule has 0 aliphatic carbocycles. The topological polar surface area (TPSA) is 101 Å². The highest BCUT2D eigenvalue weighted by Crippen LogP contribution is 2.37. The molecule has 1 aliphatic heterocycles. The molecule has 2 aromatic rings. The lowest BCUT2D eigenvalue weighted by atomic mass is 10.1. The number of fused-ring (bicyclic) bond motifs is 1. The molecule has 0 bridgehead atoms. The van der Waals surface area contributed by atoms with Crippen molar-refractivity contribution in [1.29, 1.82) is 0 Å². The maximum atomic E-state index is 10.1. The summed E-state index contributed by atoms with van der Waals surface area (Å²) in [6, 6.07) is 0. The number of rotatable bonds is 3. The van der Waals surface area contributed by atoms with Crippen molar-refractivity contribution in [1.82, 2.24) is 14.5 Å². The van der Waals surface area contributed by atoms with Gasteiger partial charge in [0.05, 0.1) is 12.0 Å². The smallest absolute Gasteiger partial charge is 0.164 e. The molecule has 1 aliphatic rings. The van der Waals surface area contributed by atoms with Crippen molar-refractivity contribution < 1.29 is 20.1 Å². The molecule has 9 heteroatoms. The number of thioether (sulfide) groups is 1. The van der Waals surface area contributed by atoms with E-state index in [4.69, 9.17) is 4.74 Å². The van der Waals surface area contributed by atoms with Gasteiger partial charge in [-0.3, -0.25) is 0 Å². The van der Waals surface area contributed by atoms with Crippen LogP contribution in [0.1, 0.15) is 6.23 Å². The molecule has 0 amide bonds. The molecule has 0 aromatic carbocycles. The molecule has 3 N–H and O–H groups in total. The van der Waals surface area contributed by atoms with Crippen LogP contribution in [0.15, 0.2) is 22.0 Å². The molecular formula is C12H14BrN3O4S. The van der Waals surface area contributed by atoms with Crippen molar-refractivity contribution in [2.75, 3.05) is 12.9 Å². The summed E-state index contributed by atoms with van der Waals surface area (Å²) >= 11 is 4.95. The van der Waals surface area contributed by atoms with E-state index in [1.165, 1.54) is 18.1 Å². The summed E-state index contributed by atoms with van der Waals surface area (Å²) in [7, 11) is 0. The Bertz CT molecular complexity index is 667. The monoisotopic (exact) mass is 375 g/mol. The lowest BCUT2D eigenvalue weighted by Gasteiger charge is -2.17. The van der Waals surface area contributed by atoms with Crippen LogP contribution in [0, 0.1) is 0 Å². The summed E-state index contributed by atoms with van der Waals surface area (Å²) in [5, 5.41) is 30.8. The predicted octanol–water partition coefficient (Wildman–Crippen LogP) is 0.527. The number of hydrogen-bond acceptors (Lipinski definition) is 7. The molecule has 3 rings (SSSR count). The summed E-state index contributed by atoms with van der Waals surface area (Å²) in [6.45, 7) is -0.361. The molecule has 1 saturated heterocycles. The van der Waals surface area contributed by atoms with Gasteiger partial charge in [-0.25, -0.2) is 9.97 Å². The Balaban J connectivity index is 2.10. The Labute approximate surface area is 133 Å². The number of halogens is 1. The fourth-order valence-electron chi connectivity index (χ4n) is 2.47. The van der Waals surface area contributed by atoms with Crippen LogP contribution >= 0.6 is 27.7 Å². The highest BCUT2D eigenvalue weighted by atomic mass is 79.9. The zero-order valence-corrected chi connectivity index (χ0v) is 13.5. The molecule has 7 nitrogen and oxygen atoms in total. The SMILES string of the molecule is CSc1ncnc2c1c(Br)cn2[C@@H]1O[C@@H](CO)[C@@H](O)[C@@H]1O. The molecule has 0 spiro atoms. The summed E-state index contributed by atoms with van der Waals surface area (Å²) in [4.78, 5) is 8.45. The number of aromatic nitrogens is 3. The van der Waals surface area contributed by atoms with Gasteiger partial charge < -0.3 is 24.6 Å². The molecule has 114 valence electrons. The third-order valence-corrected chi connectivity index (χ3v) is 4.81. The normalized spacial score (nSPS) is 29.4. The van der Waals surface area contributed by atoms with Gasteiger partial charge in [0.2, 0.25) is 0 Å². The molecule has 0 radical (unpaired) electrons. The minimum Gasteiger partial charge on any atom is -0.394 e. The fraction of sp³-hybridized carbons (Fsp3) is 0.500. The zero-order valence-electron chi connectivity index (χ0n) is 11.0. The quantitative estimate of drug-likeness (QED) is 0.531.